The summed E-state index contributed by atoms with van der Waals surface area (Å²) in [6, 6.07) is -0.540. The van der Waals surface area contributed by atoms with Crippen molar-refractivity contribution in [2.24, 2.45) is 5.73 Å². The fraction of sp³-hybridized carbons (Fsp3) is 0.706. The lowest BCUT2D eigenvalue weighted by Crippen LogP contribution is -2.55. The second kappa shape index (κ2) is 9.41. The maximum atomic E-state index is 12.6. The topological polar surface area (TPSA) is 105 Å². The maximum absolute atomic E-state index is 12.6. The molecule has 0 bridgehead atoms. The third-order valence-corrected chi connectivity index (χ3v) is 4.95. The van der Waals surface area contributed by atoms with Crippen LogP contribution in [0.3, 0.4) is 0 Å². The quantitative estimate of drug-likeness (QED) is 0.699. The number of aromatic nitrogens is 2. The summed E-state index contributed by atoms with van der Waals surface area (Å²) in [6.07, 6.45) is -3.46. The number of alkyl halides is 3. The molecule has 29 heavy (non-hydrogen) atoms. The number of likely N-dealkylation sites (tertiary alicyclic amines) is 1. The van der Waals surface area contributed by atoms with E-state index in [9.17, 15) is 23.1 Å². The molecule has 2 aliphatic heterocycles. The van der Waals surface area contributed by atoms with Crippen molar-refractivity contribution < 1.29 is 27.8 Å². The Morgan fingerprint density at radius 3 is 2.52 bits per heavy atom. The minimum absolute atomic E-state index is 0. The molecule has 1 aromatic heterocycles. The summed E-state index contributed by atoms with van der Waals surface area (Å²) in [4.78, 5) is 23.3. The second-order valence-corrected chi connectivity index (χ2v) is 7.26. The molecule has 3 rings (SSSR count). The number of aliphatic hydroxyl groups excluding tert-OH is 1. The summed E-state index contributed by atoms with van der Waals surface area (Å²) in [7, 11) is 0. The summed E-state index contributed by atoms with van der Waals surface area (Å²) in [5.41, 5.74) is 4.73. The summed E-state index contributed by atoms with van der Waals surface area (Å²) in [6.45, 7) is 3.12. The van der Waals surface area contributed by atoms with Crippen LogP contribution in [0.15, 0.2) is 12.4 Å². The molecule has 164 valence electrons. The molecule has 2 fully saturated rings. The van der Waals surface area contributed by atoms with E-state index in [0.717, 1.165) is 12.4 Å². The standard InChI is InChI=1S/C17H24F3N5O3.ClH/c1-10(21)9-28-14-3-5-25(15(14)27)12-2-4-24(8-13(12)26)16-22-6-11(7-23-16)17(18,19)20;/h6-7,10,12-14,26H,2-5,8-9,21H2,1H3;1H/t10?,12-,13+,14+;/m0./s1. The van der Waals surface area contributed by atoms with Gasteiger partial charge in [-0.1, -0.05) is 0 Å². The van der Waals surface area contributed by atoms with Crippen LogP contribution in [0.4, 0.5) is 19.1 Å². The van der Waals surface area contributed by atoms with Gasteiger partial charge in [-0.25, -0.2) is 9.97 Å². The average molecular weight is 440 g/mol. The summed E-state index contributed by atoms with van der Waals surface area (Å²) in [5, 5.41) is 10.5. The molecule has 2 saturated heterocycles. The van der Waals surface area contributed by atoms with Gasteiger partial charge in [0.2, 0.25) is 5.95 Å². The Morgan fingerprint density at radius 2 is 1.97 bits per heavy atom. The van der Waals surface area contributed by atoms with Crippen LogP contribution in [0.5, 0.6) is 0 Å². The molecule has 0 radical (unpaired) electrons. The van der Waals surface area contributed by atoms with Crippen LogP contribution in [0.25, 0.3) is 0 Å². The number of hydrogen-bond donors (Lipinski definition) is 2. The third-order valence-electron chi connectivity index (χ3n) is 4.95. The molecule has 1 unspecified atom stereocenters. The number of amides is 1. The van der Waals surface area contributed by atoms with E-state index in [1.54, 1.807) is 16.7 Å². The first-order valence-electron chi connectivity index (χ1n) is 9.16. The highest BCUT2D eigenvalue weighted by molar-refractivity contribution is 5.85. The lowest BCUT2D eigenvalue weighted by Gasteiger charge is -2.40. The zero-order chi connectivity index (χ0) is 20.5. The van der Waals surface area contributed by atoms with Crippen LogP contribution in [-0.4, -0.2) is 76.4 Å². The maximum Gasteiger partial charge on any atom is 0.419 e. The van der Waals surface area contributed by atoms with Gasteiger partial charge in [0.25, 0.3) is 5.91 Å². The van der Waals surface area contributed by atoms with Crippen molar-refractivity contribution in [2.45, 2.75) is 50.2 Å². The van der Waals surface area contributed by atoms with Crippen molar-refractivity contribution in [2.75, 3.05) is 31.1 Å². The van der Waals surface area contributed by atoms with Crippen molar-refractivity contribution in [3.8, 4) is 0 Å². The Hall–Kier alpha value is -1.69. The largest absolute Gasteiger partial charge is 0.419 e. The molecule has 4 atom stereocenters. The van der Waals surface area contributed by atoms with E-state index < -0.39 is 23.9 Å². The van der Waals surface area contributed by atoms with Crippen molar-refractivity contribution in [3.63, 3.8) is 0 Å². The average Bonchev–Trinajstić information content (AvgIpc) is 3.00. The molecule has 3 heterocycles. The van der Waals surface area contributed by atoms with Crippen molar-refractivity contribution in [1.29, 1.82) is 0 Å². The molecule has 8 nitrogen and oxygen atoms in total. The van der Waals surface area contributed by atoms with E-state index in [4.69, 9.17) is 10.5 Å². The number of piperidine rings is 1. The van der Waals surface area contributed by atoms with Crippen molar-refractivity contribution in [3.05, 3.63) is 18.0 Å². The van der Waals surface area contributed by atoms with Gasteiger partial charge in [0.15, 0.2) is 0 Å². The van der Waals surface area contributed by atoms with Gasteiger partial charge in [-0.2, -0.15) is 13.2 Å². The molecule has 3 N–H and O–H groups in total. The lowest BCUT2D eigenvalue weighted by atomic mass is 10.0. The second-order valence-electron chi connectivity index (χ2n) is 7.26. The number of carbonyl (C=O) groups is 1. The van der Waals surface area contributed by atoms with Gasteiger partial charge in [0.05, 0.1) is 24.3 Å². The molecule has 1 amide bonds. The van der Waals surface area contributed by atoms with Gasteiger partial charge in [-0.3, -0.25) is 4.79 Å². The van der Waals surface area contributed by atoms with E-state index in [1.165, 1.54) is 0 Å². The summed E-state index contributed by atoms with van der Waals surface area (Å²) < 4.78 is 43.4. The van der Waals surface area contributed by atoms with Crippen LogP contribution >= 0.6 is 12.4 Å². The van der Waals surface area contributed by atoms with Gasteiger partial charge in [0, 0.05) is 44.5 Å². The minimum atomic E-state index is -4.50. The fourth-order valence-electron chi connectivity index (χ4n) is 3.52. The SMILES string of the molecule is CC(N)CO[C@@H]1CCN([C@H]2CCN(c3ncc(C(F)(F)F)cn3)C[C@H]2O)C1=O.Cl. The molecule has 1 aromatic rings. The van der Waals surface area contributed by atoms with Crippen LogP contribution in [-0.2, 0) is 15.7 Å². The predicted octanol–water partition coefficient (Wildman–Crippen LogP) is 0.821. The zero-order valence-corrected chi connectivity index (χ0v) is 16.7. The molecule has 0 spiro atoms. The number of hydrogen-bond acceptors (Lipinski definition) is 7. The molecule has 12 heteroatoms. The number of carbonyl (C=O) groups excluding carboxylic acids is 1. The first-order chi connectivity index (χ1) is 13.2. The number of anilines is 1. The highest BCUT2D eigenvalue weighted by atomic mass is 35.5. The number of nitrogens with zero attached hydrogens (tertiary/aromatic N) is 4. The number of aliphatic hydroxyl groups is 1. The highest BCUT2D eigenvalue weighted by Gasteiger charge is 2.41. The van der Waals surface area contributed by atoms with E-state index in [0.29, 0.717) is 25.9 Å². The Kier molecular flexibility index (Phi) is 7.66. The molecule has 2 aliphatic rings. The monoisotopic (exact) mass is 439 g/mol. The Morgan fingerprint density at radius 1 is 1.31 bits per heavy atom. The predicted molar refractivity (Wildman–Crippen MR) is 101 cm³/mol. The van der Waals surface area contributed by atoms with E-state index in [2.05, 4.69) is 9.97 Å². The Labute approximate surface area is 172 Å². The van der Waals surface area contributed by atoms with Gasteiger partial charge >= 0.3 is 6.18 Å². The number of halogens is 4. The van der Waals surface area contributed by atoms with Crippen LogP contribution in [0.2, 0.25) is 0 Å². The Bertz CT molecular complexity index is 692. The first kappa shape index (κ1) is 23.6. The summed E-state index contributed by atoms with van der Waals surface area (Å²) in [5.74, 6) is -0.0414. The van der Waals surface area contributed by atoms with E-state index in [-0.39, 0.29) is 49.5 Å². The molecule has 0 aliphatic carbocycles. The molecular formula is C17H25ClF3N5O3. The zero-order valence-electron chi connectivity index (χ0n) is 15.9. The lowest BCUT2D eigenvalue weighted by molar-refractivity contribution is -0.141. The van der Waals surface area contributed by atoms with Gasteiger partial charge in [-0.15, -0.1) is 12.4 Å². The number of nitrogens with two attached hydrogens (primary N) is 1. The van der Waals surface area contributed by atoms with Crippen molar-refractivity contribution in [1.82, 2.24) is 14.9 Å². The smallest absolute Gasteiger partial charge is 0.389 e. The molecular weight excluding hydrogens is 415 g/mol. The normalized spacial score (nSPS) is 26.4. The van der Waals surface area contributed by atoms with Gasteiger partial charge < -0.3 is 25.4 Å². The van der Waals surface area contributed by atoms with Crippen LogP contribution < -0.4 is 10.6 Å². The third kappa shape index (κ3) is 5.47. The van der Waals surface area contributed by atoms with E-state index >= 15 is 0 Å². The number of ether oxygens (including phenoxy) is 1. The summed E-state index contributed by atoms with van der Waals surface area (Å²) >= 11 is 0. The van der Waals surface area contributed by atoms with Gasteiger partial charge in [0.1, 0.15) is 6.10 Å². The first-order valence-corrected chi connectivity index (χ1v) is 9.16. The number of β-amino-alcohol motifs (C(OH)–C–C–N with tert-alkyl or cyclic N) is 1. The van der Waals surface area contributed by atoms with Crippen molar-refractivity contribution >= 4 is 24.3 Å². The highest BCUT2D eigenvalue weighted by Crippen LogP contribution is 2.29. The Balaban J connectivity index is 0.00000300. The number of rotatable bonds is 5. The van der Waals surface area contributed by atoms with Gasteiger partial charge in [-0.05, 0) is 13.3 Å². The van der Waals surface area contributed by atoms with Crippen LogP contribution in [0.1, 0.15) is 25.3 Å². The van der Waals surface area contributed by atoms with Crippen LogP contribution in [0, 0.1) is 0 Å². The molecule has 0 aromatic carbocycles. The van der Waals surface area contributed by atoms with E-state index in [1.807, 2.05) is 0 Å². The minimum Gasteiger partial charge on any atom is -0.389 e. The fourth-order valence-corrected chi connectivity index (χ4v) is 3.52. The molecule has 0 saturated carbocycles.